The van der Waals surface area contributed by atoms with E-state index in [-0.39, 0.29) is 0 Å². The van der Waals surface area contributed by atoms with Gasteiger partial charge in [0, 0.05) is 5.70 Å². The van der Waals surface area contributed by atoms with Gasteiger partial charge in [0.15, 0.2) is 0 Å². The molecular weight excluding hydrogens is 298 g/mol. The number of ether oxygens (including phenoxy) is 2. The van der Waals surface area contributed by atoms with Crippen molar-refractivity contribution in [1.29, 1.82) is 0 Å². The second-order valence-electron chi connectivity index (χ2n) is 5.01. The summed E-state index contributed by atoms with van der Waals surface area (Å²) in [6, 6.07) is 7.04. The lowest BCUT2D eigenvalue weighted by atomic mass is 9.95. The van der Waals surface area contributed by atoms with Crippen LogP contribution in [0, 0.1) is 0 Å². The van der Waals surface area contributed by atoms with E-state index >= 15 is 0 Å². The second kappa shape index (κ2) is 6.07. The summed E-state index contributed by atoms with van der Waals surface area (Å²) in [6.07, 6.45) is 0. The lowest BCUT2D eigenvalue weighted by Crippen LogP contribution is -2.29. The molecule has 0 saturated heterocycles. The first-order valence-electron chi connectivity index (χ1n) is 7.22. The molecule has 1 N–H and O–H groups in total. The van der Waals surface area contributed by atoms with Crippen molar-refractivity contribution < 1.29 is 14.3 Å². The Hall–Kier alpha value is -2.90. The van der Waals surface area contributed by atoms with E-state index in [9.17, 15) is 4.79 Å². The summed E-state index contributed by atoms with van der Waals surface area (Å²) in [7, 11) is 1.35. The Morgan fingerprint density at radius 1 is 1.43 bits per heavy atom. The van der Waals surface area contributed by atoms with Gasteiger partial charge in [-0.25, -0.2) is 4.79 Å². The molecule has 0 amide bonds. The van der Waals surface area contributed by atoms with Crippen LogP contribution in [0.3, 0.4) is 0 Å². The Kier molecular flexibility index (Phi) is 3.96. The first-order chi connectivity index (χ1) is 11.2. The van der Waals surface area contributed by atoms with E-state index in [1.54, 1.807) is 11.6 Å². The van der Waals surface area contributed by atoms with E-state index in [4.69, 9.17) is 9.47 Å². The average Bonchev–Trinajstić information content (AvgIpc) is 3.01. The topological polar surface area (TPSA) is 91.2 Å². The Labute approximate surface area is 133 Å². The predicted molar refractivity (Wildman–Crippen MR) is 81.9 cm³/mol. The molecule has 0 radical (unpaired) electrons. The molecule has 0 saturated carbocycles. The molecule has 1 aromatic heterocycles. The third-order valence-electron chi connectivity index (χ3n) is 3.60. The summed E-state index contributed by atoms with van der Waals surface area (Å²) in [5.41, 5.74) is 1.96. The highest BCUT2D eigenvalue weighted by Gasteiger charge is 2.34. The maximum Gasteiger partial charge on any atom is 0.338 e. The number of nitrogens with zero attached hydrogens (tertiary/aromatic N) is 4. The molecule has 120 valence electrons. The van der Waals surface area contributed by atoms with Crippen LogP contribution in [-0.2, 0) is 9.53 Å². The van der Waals surface area contributed by atoms with Crippen LogP contribution < -0.4 is 10.1 Å². The lowest BCUT2D eigenvalue weighted by molar-refractivity contribution is -0.136. The molecule has 1 unspecified atom stereocenters. The van der Waals surface area contributed by atoms with Crippen molar-refractivity contribution in [3.63, 3.8) is 0 Å². The molecule has 0 aliphatic carbocycles. The molecule has 0 fully saturated rings. The zero-order chi connectivity index (χ0) is 16.4. The number of anilines is 1. The number of carbonyl (C=O) groups is 1. The number of rotatable bonds is 4. The van der Waals surface area contributed by atoms with Gasteiger partial charge in [0.1, 0.15) is 11.8 Å². The van der Waals surface area contributed by atoms with Crippen molar-refractivity contribution in [1.82, 2.24) is 20.2 Å². The van der Waals surface area contributed by atoms with Gasteiger partial charge in [-0.3, -0.25) is 0 Å². The SMILES string of the molecule is CCOc1cccc(C2C(C(=O)OC)=C(C)Nc3nnnn32)c1. The van der Waals surface area contributed by atoms with Gasteiger partial charge in [0.2, 0.25) is 5.95 Å². The molecule has 23 heavy (non-hydrogen) atoms. The fourth-order valence-electron chi connectivity index (χ4n) is 2.64. The van der Waals surface area contributed by atoms with Gasteiger partial charge in [-0.1, -0.05) is 17.2 Å². The van der Waals surface area contributed by atoms with Crippen LogP contribution in [0.1, 0.15) is 25.5 Å². The minimum absolute atomic E-state index is 0.428. The highest BCUT2D eigenvalue weighted by molar-refractivity contribution is 5.92. The van der Waals surface area contributed by atoms with E-state index in [0.29, 0.717) is 23.8 Å². The molecule has 1 atom stereocenters. The lowest BCUT2D eigenvalue weighted by Gasteiger charge is -2.27. The van der Waals surface area contributed by atoms with Gasteiger partial charge >= 0.3 is 5.97 Å². The van der Waals surface area contributed by atoms with Gasteiger partial charge in [0.25, 0.3) is 0 Å². The molecule has 2 aromatic rings. The number of esters is 1. The summed E-state index contributed by atoms with van der Waals surface area (Å²) in [5, 5.41) is 14.6. The summed E-state index contributed by atoms with van der Waals surface area (Å²) in [4.78, 5) is 12.3. The van der Waals surface area contributed by atoms with E-state index < -0.39 is 12.0 Å². The summed E-state index contributed by atoms with van der Waals surface area (Å²) >= 11 is 0. The number of allylic oxidation sites excluding steroid dienone is 1. The van der Waals surface area contributed by atoms with Gasteiger partial charge in [0.05, 0.1) is 19.3 Å². The zero-order valence-electron chi connectivity index (χ0n) is 13.1. The summed E-state index contributed by atoms with van der Waals surface area (Å²) < 4.78 is 12.0. The first-order valence-corrected chi connectivity index (χ1v) is 7.22. The van der Waals surface area contributed by atoms with E-state index in [0.717, 1.165) is 11.3 Å². The Balaban J connectivity index is 2.13. The number of nitrogens with one attached hydrogen (secondary N) is 1. The molecule has 2 heterocycles. The Morgan fingerprint density at radius 2 is 2.26 bits per heavy atom. The summed E-state index contributed by atoms with van der Waals surface area (Å²) in [6.45, 7) is 4.27. The molecule has 0 spiro atoms. The number of aromatic nitrogens is 4. The van der Waals surface area contributed by atoms with E-state index in [1.807, 2.05) is 31.2 Å². The van der Waals surface area contributed by atoms with E-state index in [2.05, 4.69) is 20.8 Å². The molecule has 1 aliphatic rings. The van der Waals surface area contributed by atoms with E-state index in [1.165, 1.54) is 7.11 Å². The van der Waals surface area contributed by atoms with Crippen LogP contribution in [0.2, 0.25) is 0 Å². The van der Waals surface area contributed by atoms with Gasteiger partial charge in [-0.2, -0.15) is 4.68 Å². The molecule has 8 heteroatoms. The van der Waals surface area contributed by atoms with Crippen molar-refractivity contribution >= 4 is 11.9 Å². The van der Waals surface area contributed by atoms with Crippen LogP contribution >= 0.6 is 0 Å². The fraction of sp³-hybridized carbons (Fsp3) is 0.333. The molecule has 3 rings (SSSR count). The third kappa shape index (κ3) is 2.63. The predicted octanol–water partition coefficient (Wildman–Crippen LogP) is 1.53. The number of hydrogen-bond acceptors (Lipinski definition) is 7. The van der Waals surface area contributed by atoms with Crippen LogP contribution in [0.25, 0.3) is 0 Å². The van der Waals surface area contributed by atoms with Crippen molar-refractivity contribution in [3.05, 3.63) is 41.1 Å². The molecule has 1 aromatic carbocycles. The van der Waals surface area contributed by atoms with Crippen LogP contribution in [0.5, 0.6) is 5.75 Å². The van der Waals surface area contributed by atoms with Crippen LogP contribution in [0.4, 0.5) is 5.95 Å². The molecular formula is C15H17N5O3. The smallest absolute Gasteiger partial charge is 0.338 e. The van der Waals surface area contributed by atoms with Gasteiger partial charge in [-0.05, 0) is 42.0 Å². The monoisotopic (exact) mass is 315 g/mol. The molecule has 8 nitrogen and oxygen atoms in total. The number of tetrazole rings is 1. The number of fused-ring (bicyclic) bond motifs is 1. The molecule has 0 bridgehead atoms. The fourth-order valence-corrected chi connectivity index (χ4v) is 2.64. The highest BCUT2D eigenvalue weighted by atomic mass is 16.5. The normalized spacial score (nSPS) is 16.6. The van der Waals surface area contributed by atoms with Crippen LogP contribution in [-0.4, -0.2) is 39.9 Å². The Morgan fingerprint density at radius 3 is 3.00 bits per heavy atom. The summed E-state index contributed by atoms with van der Waals surface area (Å²) in [5.74, 6) is 0.768. The molecule has 1 aliphatic heterocycles. The third-order valence-corrected chi connectivity index (χ3v) is 3.60. The number of methoxy groups -OCH3 is 1. The minimum atomic E-state index is -0.478. The first kappa shape index (κ1) is 15.0. The second-order valence-corrected chi connectivity index (χ2v) is 5.01. The standard InChI is InChI=1S/C15H17N5O3/c1-4-23-11-7-5-6-10(8-11)13-12(14(21)22-3)9(2)16-15-17-18-19-20(13)15/h5-8,13H,4H2,1-3H3,(H,16,17,19). The van der Waals surface area contributed by atoms with Gasteiger partial charge < -0.3 is 14.8 Å². The maximum absolute atomic E-state index is 12.3. The number of carbonyl (C=O) groups excluding carboxylic acids is 1. The minimum Gasteiger partial charge on any atom is -0.494 e. The largest absolute Gasteiger partial charge is 0.494 e. The zero-order valence-corrected chi connectivity index (χ0v) is 13.1. The average molecular weight is 315 g/mol. The quantitative estimate of drug-likeness (QED) is 0.855. The van der Waals surface area contributed by atoms with Crippen molar-refractivity contribution in [3.8, 4) is 5.75 Å². The van der Waals surface area contributed by atoms with Crippen molar-refractivity contribution in [2.45, 2.75) is 19.9 Å². The number of hydrogen-bond donors (Lipinski definition) is 1. The van der Waals surface area contributed by atoms with Crippen molar-refractivity contribution in [2.24, 2.45) is 0 Å². The number of benzene rings is 1. The van der Waals surface area contributed by atoms with Crippen LogP contribution in [0.15, 0.2) is 35.5 Å². The Bertz CT molecular complexity index is 768. The maximum atomic E-state index is 12.3. The van der Waals surface area contributed by atoms with Crippen molar-refractivity contribution in [2.75, 3.05) is 19.0 Å². The highest BCUT2D eigenvalue weighted by Crippen LogP contribution is 2.35. The van der Waals surface area contributed by atoms with Gasteiger partial charge in [-0.15, -0.1) is 0 Å².